The number of carbonyl (C=O) groups excluding carboxylic acids is 2. The maximum absolute atomic E-state index is 12.3. The van der Waals surface area contributed by atoms with E-state index < -0.39 is 6.10 Å². The summed E-state index contributed by atoms with van der Waals surface area (Å²) >= 11 is 0. The molecule has 0 rings (SSSR count). The molecule has 0 aromatic rings. The number of carbonyl (C=O) groups is 2. The second kappa shape index (κ2) is 56.9. The Labute approximate surface area is 411 Å². The fraction of sp³-hybridized carbons (Fsp3) is 0.803. The summed E-state index contributed by atoms with van der Waals surface area (Å²) in [7, 11) is 0. The highest BCUT2D eigenvalue weighted by Crippen LogP contribution is 2.17. The van der Waals surface area contributed by atoms with Crippen molar-refractivity contribution in [3.05, 3.63) is 60.8 Å². The maximum atomic E-state index is 12.3. The Kier molecular flexibility index (Phi) is 54.9. The van der Waals surface area contributed by atoms with Crippen LogP contribution < -0.4 is 0 Å². The summed E-state index contributed by atoms with van der Waals surface area (Å²) in [6.45, 7) is 4.00. The van der Waals surface area contributed by atoms with E-state index in [4.69, 9.17) is 9.47 Å². The molecule has 0 radical (unpaired) electrons. The smallest absolute Gasteiger partial charge is 0.306 e. The number of rotatable bonds is 53. The molecule has 0 amide bonds. The van der Waals surface area contributed by atoms with Crippen molar-refractivity contribution in [2.75, 3.05) is 13.2 Å². The van der Waals surface area contributed by atoms with E-state index in [2.05, 4.69) is 74.6 Å². The van der Waals surface area contributed by atoms with Crippen molar-refractivity contribution in [2.45, 2.75) is 302 Å². The van der Waals surface area contributed by atoms with Crippen LogP contribution in [-0.2, 0) is 19.1 Å². The van der Waals surface area contributed by atoms with E-state index in [1.807, 2.05) is 0 Å². The Morgan fingerprint density at radius 2 is 0.652 bits per heavy atom. The standard InChI is InChI=1S/C61H110O5/c1-3-5-7-9-11-13-15-16-17-18-19-20-21-22-23-24-25-26-27-28-29-30-31-32-33-34-35-36-37-38-39-40-41-42-43-44-46-48-50-52-54-56-61(64)66-59(57-62)58-65-60(63)55-53-51-49-47-45-14-12-10-8-6-4-2/h5,7,10-13,16-17,19-20,59,62H,3-4,6,8-9,14-15,18,21-58H2,1-2H3/b7-5-,12-10-,13-11-,17-16-,20-19-. The fourth-order valence-corrected chi connectivity index (χ4v) is 8.47. The summed E-state index contributed by atoms with van der Waals surface area (Å²) in [6.07, 6.45) is 76.7. The number of aliphatic hydroxyl groups excluding tert-OH is 1. The van der Waals surface area contributed by atoms with Crippen molar-refractivity contribution in [1.82, 2.24) is 0 Å². The van der Waals surface area contributed by atoms with Crippen LogP contribution in [-0.4, -0.2) is 36.4 Å². The van der Waals surface area contributed by atoms with Crippen LogP contribution in [0.1, 0.15) is 296 Å². The predicted molar refractivity (Wildman–Crippen MR) is 288 cm³/mol. The number of aliphatic hydroxyl groups is 1. The summed E-state index contributed by atoms with van der Waals surface area (Å²) in [5.41, 5.74) is 0. The molecule has 66 heavy (non-hydrogen) atoms. The Morgan fingerprint density at radius 3 is 1.00 bits per heavy atom. The van der Waals surface area contributed by atoms with Gasteiger partial charge in [0.15, 0.2) is 6.10 Å². The van der Waals surface area contributed by atoms with Crippen molar-refractivity contribution in [2.24, 2.45) is 0 Å². The number of allylic oxidation sites excluding steroid dienone is 10. The first-order valence-corrected chi connectivity index (χ1v) is 28.8. The lowest BCUT2D eigenvalue weighted by Crippen LogP contribution is -2.28. The molecule has 0 aliphatic heterocycles. The molecule has 1 atom stereocenters. The van der Waals surface area contributed by atoms with Gasteiger partial charge in [-0.2, -0.15) is 0 Å². The lowest BCUT2D eigenvalue weighted by molar-refractivity contribution is -0.161. The summed E-state index contributed by atoms with van der Waals surface area (Å²) < 4.78 is 10.6. The van der Waals surface area contributed by atoms with Gasteiger partial charge in [-0.05, 0) is 70.6 Å². The second-order valence-electron chi connectivity index (χ2n) is 19.3. The van der Waals surface area contributed by atoms with Gasteiger partial charge in [0.2, 0.25) is 0 Å². The van der Waals surface area contributed by atoms with Crippen molar-refractivity contribution in [3.8, 4) is 0 Å². The second-order valence-corrected chi connectivity index (χ2v) is 19.3. The van der Waals surface area contributed by atoms with E-state index in [1.165, 1.54) is 199 Å². The number of hydrogen-bond acceptors (Lipinski definition) is 5. The monoisotopic (exact) mass is 923 g/mol. The van der Waals surface area contributed by atoms with Crippen LogP contribution in [0.25, 0.3) is 0 Å². The molecule has 0 aliphatic carbocycles. The molecule has 0 bridgehead atoms. The summed E-state index contributed by atoms with van der Waals surface area (Å²) in [5, 5.41) is 9.60. The quantitative estimate of drug-likeness (QED) is 0.0374. The van der Waals surface area contributed by atoms with Gasteiger partial charge in [0.05, 0.1) is 6.61 Å². The predicted octanol–water partition coefficient (Wildman–Crippen LogP) is 19.4. The van der Waals surface area contributed by atoms with Gasteiger partial charge in [-0.25, -0.2) is 0 Å². The van der Waals surface area contributed by atoms with Gasteiger partial charge in [0.1, 0.15) is 6.61 Å². The molecule has 0 heterocycles. The average Bonchev–Trinajstić information content (AvgIpc) is 3.32. The Morgan fingerprint density at radius 1 is 0.364 bits per heavy atom. The van der Waals surface area contributed by atoms with Gasteiger partial charge in [0, 0.05) is 12.8 Å². The third kappa shape index (κ3) is 54.2. The summed E-state index contributed by atoms with van der Waals surface area (Å²) in [6, 6.07) is 0. The van der Waals surface area contributed by atoms with E-state index in [1.54, 1.807) is 0 Å². The molecule has 0 spiro atoms. The number of hydrogen-bond donors (Lipinski definition) is 1. The average molecular weight is 924 g/mol. The minimum Gasteiger partial charge on any atom is -0.462 e. The Hall–Kier alpha value is -2.40. The molecule has 1 unspecified atom stereocenters. The molecule has 0 saturated heterocycles. The normalized spacial score (nSPS) is 12.6. The first kappa shape index (κ1) is 63.6. The minimum absolute atomic E-state index is 0.0668. The van der Waals surface area contributed by atoms with Crippen LogP contribution >= 0.6 is 0 Å². The first-order valence-electron chi connectivity index (χ1n) is 28.8. The van der Waals surface area contributed by atoms with E-state index in [0.29, 0.717) is 12.8 Å². The van der Waals surface area contributed by atoms with Crippen molar-refractivity contribution >= 4 is 11.9 Å². The SMILES string of the molecule is CC/C=C\C/C=C\C/C=C\C/C=C\CCCCCCCCCCCCCCCCCCCCCCCCCCCCCCC(=O)OC(CO)COC(=O)CCCCCCC/C=C\CCCC. The molecule has 5 heteroatoms. The lowest BCUT2D eigenvalue weighted by atomic mass is 10.0. The van der Waals surface area contributed by atoms with Crippen LogP contribution in [0.3, 0.4) is 0 Å². The third-order valence-electron chi connectivity index (χ3n) is 12.8. The number of ether oxygens (including phenoxy) is 2. The topological polar surface area (TPSA) is 72.8 Å². The van der Waals surface area contributed by atoms with Crippen molar-refractivity contribution < 1.29 is 24.2 Å². The molecule has 384 valence electrons. The molecule has 0 aromatic carbocycles. The van der Waals surface area contributed by atoms with Gasteiger partial charge in [-0.15, -0.1) is 0 Å². The van der Waals surface area contributed by atoms with Gasteiger partial charge >= 0.3 is 11.9 Å². The Balaban J connectivity index is 3.35. The van der Waals surface area contributed by atoms with Crippen LogP contribution in [0.2, 0.25) is 0 Å². The summed E-state index contributed by atoms with van der Waals surface area (Å²) in [4.78, 5) is 24.4. The highest BCUT2D eigenvalue weighted by atomic mass is 16.6. The maximum Gasteiger partial charge on any atom is 0.306 e. The van der Waals surface area contributed by atoms with Crippen molar-refractivity contribution in [3.63, 3.8) is 0 Å². The zero-order chi connectivity index (χ0) is 47.7. The molecule has 0 aromatic heterocycles. The molecular weight excluding hydrogens is 813 g/mol. The van der Waals surface area contributed by atoms with Crippen LogP contribution in [0, 0.1) is 0 Å². The van der Waals surface area contributed by atoms with E-state index in [0.717, 1.165) is 70.6 Å². The molecule has 0 aliphatic rings. The highest BCUT2D eigenvalue weighted by Gasteiger charge is 2.16. The van der Waals surface area contributed by atoms with Gasteiger partial charge in [0.25, 0.3) is 0 Å². The van der Waals surface area contributed by atoms with Crippen LogP contribution in [0.4, 0.5) is 0 Å². The first-order chi connectivity index (χ1) is 32.6. The van der Waals surface area contributed by atoms with E-state index in [9.17, 15) is 14.7 Å². The molecule has 0 fully saturated rings. The van der Waals surface area contributed by atoms with E-state index in [-0.39, 0.29) is 25.2 Å². The Bertz CT molecular complexity index is 1130. The number of unbranched alkanes of at least 4 members (excludes halogenated alkanes) is 35. The number of esters is 2. The largest absolute Gasteiger partial charge is 0.462 e. The van der Waals surface area contributed by atoms with Gasteiger partial charge < -0.3 is 14.6 Å². The molecule has 1 N–H and O–H groups in total. The highest BCUT2D eigenvalue weighted by molar-refractivity contribution is 5.70. The zero-order valence-electron chi connectivity index (χ0n) is 44.0. The molecule has 0 saturated carbocycles. The third-order valence-corrected chi connectivity index (χ3v) is 12.8. The van der Waals surface area contributed by atoms with Crippen molar-refractivity contribution in [1.29, 1.82) is 0 Å². The molecular formula is C61H110O5. The van der Waals surface area contributed by atoms with Crippen LogP contribution in [0.15, 0.2) is 60.8 Å². The van der Waals surface area contributed by atoms with E-state index >= 15 is 0 Å². The van der Waals surface area contributed by atoms with Gasteiger partial charge in [-0.1, -0.05) is 274 Å². The lowest BCUT2D eigenvalue weighted by Gasteiger charge is -2.15. The van der Waals surface area contributed by atoms with Gasteiger partial charge in [-0.3, -0.25) is 9.59 Å². The minimum atomic E-state index is -0.772. The zero-order valence-corrected chi connectivity index (χ0v) is 44.0. The fourth-order valence-electron chi connectivity index (χ4n) is 8.47. The van der Waals surface area contributed by atoms with Crippen LogP contribution in [0.5, 0.6) is 0 Å². The summed E-state index contributed by atoms with van der Waals surface area (Å²) in [5.74, 6) is -0.591. The molecule has 5 nitrogen and oxygen atoms in total.